The molecule has 3 rings (SSSR count). The predicted molar refractivity (Wildman–Crippen MR) is 79.7 cm³/mol. The third kappa shape index (κ3) is 3.07. The van der Waals surface area contributed by atoms with Crippen molar-refractivity contribution in [2.24, 2.45) is 5.92 Å². The van der Waals surface area contributed by atoms with Crippen LogP contribution in [0.3, 0.4) is 0 Å². The minimum absolute atomic E-state index is 0.877. The highest BCUT2D eigenvalue weighted by atomic mass is 15.1. The molecule has 0 N–H and O–H groups in total. The van der Waals surface area contributed by atoms with Crippen LogP contribution in [0, 0.1) is 5.92 Å². The van der Waals surface area contributed by atoms with E-state index in [-0.39, 0.29) is 0 Å². The van der Waals surface area contributed by atoms with Gasteiger partial charge in [-0.05, 0) is 36.9 Å². The third-order valence-corrected chi connectivity index (χ3v) is 4.16. The number of aromatic nitrogens is 3. The molecule has 20 heavy (non-hydrogen) atoms. The number of likely N-dealkylation sites (tertiary alicyclic amines) is 1. The van der Waals surface area contributed by atoms with E-state index in [1.165, 1.54) is 37.9 Å². The number of hydrogen-bond donors (Lipinski definition) is 0. The Morgan fingerprint density at radius 3 is 3.00 bits per heavy atom. The second-order valence-electron chi connectivity index (χ2n) is 5.65. The molecular formula is C16H22N4. The predicted octanol–water partition coefficient (Wildman–Crippen LogP) is 2.89. The van der Waals surface area contributed by atoms with Gasteiger partial charge in [-0.15, -0.1) is 0 Å². The molecule has 0 amide bonds. The largest absolute Gasteiger partial charge is 0.299 e. The molecule has 4 nitrogen and oxygen atoms in total. The highest BCUT2D eigenvalue weighted by Gasteiger charge is 2.18. The summed E-state index contributed by atoms with van der Waals surface area (Å²) in [5, 5.41) is 0. The molecule has 0 spiro atoms. The normalized spacial score (nSPS) is 20.1. The summed E-state index contributed by atoms with van der Waals surface area (Å²) in [4.78, 5) is 11.1. The van der Waals surface area contributed by atoms with Crippen molar-refractivity contribution >= 4 is 0 Å². The number of hydrogen-bond acceptors (Lipinski definition) is 3. The van der Waals surface area contributed by atoms with Crippen molar-refractivity contribution in [2.75, 3.05) is 13.1 Å². The van der Waals surface area contributed by atoms with Gasteiger partial charge in [-0.25, -0.2) is 9.97 Å². The smallest absolute Gasteiger partial charge is 0.137 e. The molecule has 0 aliphatic carbocycles. The zero-order valence-corrected chi connectivity index (χ0v) is 12.1. The van der Waals surface area contributed by atoms with E-state index in [2.05, 4.69) is 33.9 Å². The molecule has 106 valence electrons. The number of imidazole rings is 1. The molecule has 2 aromatic rings. The molecule has 1 saturated heterocycles. The van der Waals surface area contributed by atoms with E-state index in [0.29, 0.717) is 0 Å². The van der Waals surface area contributed by atoms with E-state index in [0.717, 1.165) is 18.3 Å². The molecular weight excluding hydrogens is 248 g/mol. The lowest BCUT2D eigenvalue weighted by molar-refractivity contribution is 0.164. The molecule has 0 radical (unpaired) electrons. The van der Waals surface area contributed by atoms with Crippen LogP contribution >= 0.6 is 0 Å². The lowest BCUT2D eigenvalue weighted by Crippen LogP contribution is -2.34. The summed E-state index contributed by atoms with van der Waals surface area (Å²) >= 11 is 0. The first-order chi connectivity index (χ1) is 9.85. The topological polar surface area (TPSA) is 34.0 Å². The monoisotopic (exact) mass is 270 g/mol. The third-order valence-electron chi connectivity index (χ3n) is 4.16. The van der Waals surface area contributed by atoms with Gasteiger partial charge in [-0.3, -0.25) is 9.47 Å². The first kappa shape index (κ1) is 13.3. The van der Waals surface area contributed by atoms with Crippen LogP contribution < -0.4 is 0 Å². The van der Waals surface area contributed by atoms with E-state index < -0.39 is 0 Å². The molecule has 0 saturated carbocycles. The fourth-order valence-corrected chi connectivity index (χ4v) is 2.94. The maximum atomic E-state index is 4.52. The summed E-state index contributed by atoms with van der Waals surface area (Å²) in [7, 11) is 0. The molecule has 1 aliphatic heterocycles. The Bertz CT molecular complexity index is 518. The van der Waals surface area contributed by atoms with Crippen LogP contribution in [0.4, 0.5) is 0 Å². The van der Waals surface area contributed by atoms with Crippen LogP contribution in [-0.2, 0) is 6.54 Å². The van der Waals surface area contributed by atoms with Crippen molar-refractivity contribution in [2.45, 2.75) is 32.7 Å². The van der Waals surface area contributed by atoms with Crippen molar-refractivity contribution in [3.8, 4) is 5.82 Å². The van der Waals surface area contributed by atoms with Crippen molar-refractivity contribution in [3.05, 3.63) is 42.6 Å². The Morgan fingerprint density at radius 2 is 2.30 bits per heavy atom. The van der Waals surface area contributed by atoms with Gasteiger partial charge in [0, 0.05) is 31.7 Å². The highest BCUT2D eigenvalue weighted by molar-refractivity contribution is 5.25. The first-order valence-corrected chi connectivity index (χ1v) is 7.50. The molecule has 1 atom stereocenters. The van der Waals surface area contributed by atoms with Crippen molar-refractivity contribution in [3.63, 3.8) is 0 Å². The number of piperidine rings is 1. The fraction of sp³-hybridized carbons (Fsp3) is 0.500. The first-order valence-electron chi connectivity index (χ1n) is 7.50. The second-order valence-corrected chi connectivity index (χ2v) is 5.65. The average Bonchev–Trinajstić information content (AvgIpc) is 3.02. The summed E-state index contributed by atoms with van der Waals surface area (Å²) in [6, 6.07) is 4.25. The Hall–Kier alpha value is -1.68. The summed E-state index contributed by atoms with van der Waals surface area (Å²) in [6.45, 7) is 5.78. The fourth-order valence-electron chi connectivity index (χ4n) is 2.94. The van der Waals surface area contributed by atoms with Gasteiger partial charge in [-0.2, -0.15) is 0 Å². The quantitative estimate of drug-likeness (QED) is 0.856. The molecule has 0 unspecified atom stereocenters. The molecule has 1 fully saturated rings. The summed E-state index contributed by atoms with van der Waals surface area (Å²) in [5.41, 5.74) is 1.30. The van der Waals surface area contributed by atoms with Crippen LogP contribution in [-0.4, -0.2) is 32.5 Å². The van der Waals surface area contributed by atoms with Gasteiger partial charge in [0.2, 0.25) is 0 Å². The van der Waals surface area contributed by atoms with Crippen LogP contribution in [0.15, 0.2) is 37.1 Å². The molecule has 2 aromatic heterocycles. The zero-order valence-electron chi connectivity index (χ0n) is 12.1. The van der Waals surface area contributed by atoms with Crippen molar-refractivity contribution in [1.29, 1.82) is 0 Å². The molecule has 4 heteroatoms. The number of nitrogens with zero attached hydrogens (tertiary/aromatic N) is 4. The van der Waals surface area contributed by atoms with E-state index in [1.807, 2.05) is 17.0 Å². The van der Waals surface area contributed by atoms with Gasteiger partial charge in [-0.1, -0.05) is 19.4 Å². The summed E-state index contributed by atoms with van der Waals surface area (Å²) in [6.07, 6.45) is 11.5. The van der Waals surface area contributed by atoms with E-state index in [1.54, 1.807) is 12.5 Å². The van der Waals surface area contributed by atoms with Gasteiger partial charge < -0.3 is 0 Å². The van der Waals surface area contributed by atoms with E-state index >= 15 is 0 Å². The van der Waals surface area contributed by atoms with Crippen LogP contribution in [0.5, 0.6) is 0 Å². The van der Waals surface area contributed by atoms with Gasteiger partial charge in [0.15, 0.2) is 0 Å². The zero-order chi connectivity index (χ0) is 13.8. The van der Waals surface area contributed by atoms with Gasteiger partial charge in [0.1, 0.15) is 12.1 Å². The number of pyridine rings is 1. The molecule has 1 aliphatic rings. The number of rotatable bonds is 4. The second kappa shape index (κ2) is 6.18. The summed E-state index contributed by atoms with van der Waals surface area (Å²) in [5.74, 6) is 1.80. The minimum atomic E-state index is 0.877. The van der Waals surface area contributed by atoms with E-state index in [9.17, 15) is 0 Å². The van der Waals surface area contributed by atoms with Crippen LogP contribution in [0.25, 0.3) is 5.82 Å². The maximum Gasteiger partial charge on any atom is 0.137 e. The minimum Gasteiger partial charge on any atom is -0.299 e. The Morgan fingerprint density at radius 1 is 1.35 bits per heavy atom. The van der Waals surface area contributed by atoms with Crippen LogP contribution in [0.2, 0.25) is 0 Å². The Labute approximate surface area is 120 Å². The maximum absolute atomic E-state index is 4.52. The lowest BCUT2D eigenvalue weighted by atomic mass is 9.95. The van der Waals surface area contributed by atoms with Gasteiger partial charge in [0.25, 0.3) is 0 Å². The van der Waals surface area contributed by atoms with Crippen molar-refractivity contribution < 1.29 is 0 Å². The SMILES string of the molecule is CC[C@@H]1CCCN(Cc2ccc(-n3ccnc3)nc2)C1. The Balaban J connectivity index is 1.63. The van der Waals surface area contributed by atoms with Crippen LogP contribution in [0.1, 0.15) is 31.7 Å². The standard InChI is InChI=1S/C16H22N4/c1-2-14-4-3-8-19(11-14)12-15-5-6-16(18-10-15)20-9-7-17-13-20/h5-7,9-10,13-14H,2-4,8,11-12H2,1H3/t14-/m1/s1. The summed E-state index contributed by atoms with van der Waals surface area (Å²) < 4.78 is 1.93. The molecule has 0 bridgehead atoms. The Kier molecular flexibility index (Phi) is 4.11. The highest BCUT2D eigenvalue weighted by Crippen LogP contribution is 2.20. The van der Waals surface area contributed by atoms with Crippen molar-refractivity contribution in [1.82, 2.24) is 19.4 Å². The molecule has 3 heterocycles. The average molecular weight is 270 g/mol. The van der Waals surface area contributed by atoms with E-state index in [4.69, 9.17) is 0 Å². The van der Waals surface area contributed by atoms with Gasteiger partial charge in [0.05, 0.1) is 0 Å². The molecule has 0 aromatic carbocycles. The lowest BCUT2D eigenvalue weighted by Gasteiger charge is -2.32. The van der Waals surface area contributed by atoms with Gasteiger partial charge >= 0.3 is 0 Å².